The first-order valence-corrected chi connectivity index (χ1v) is 6.91. The van der Waals surface area contributed by atoms with Crippen LogP contribution < -0.4 is 15.5 Å². The van der Waals surface area contributed by atoms with Crippen molar-refractivity contribution in [2.75, 3.05) is 44.7 Å². The van der Waals surface area contributed by atoms with Gasteiger partial charge in [-0.15, -0.1) is 0 Å². The average molecular weight is 296 g/mol. The fourth-order valence-corrected chi connectivity index (χ4v) is 2.06. The number of nitrogens with one attached hydrogen (secondary N) is 3. The Kier molecular flexibility index (Phi) is 5.65. The summed E-state index contributed by atoms with van der Waals surface area (Å²) < 4.78 is 18.0. The summed E-state index contributed by atoms with van der Waals surface area (Å²) in [5.74, 6) is -1.84. The van der Waals surface area contributed by atoms with Crippen LogP contribution in [0.15, 0.2) is 24.3 Å². The molecule has 21 heavy (non-hydrogen) atoms. The number of morpholine rings is 1. The Bertz CT molecular complexity index is 487. The van der Waals surface area contributed by atoms with Gasteiger partial charge in [0, 0.05) is 5.69 Å². The highest BCUT2D eigenvalue weighted by atomic mass is 19.1. The summed E-state index contributed by atoms with van der Waals surface area (Å²) in [5, 5.41) is 4.99. The molecular formula is C14H19FN3O3+. The first-order valence-electron chi connectivity index (χ1n) is 6.91. The summed E-state index contributed by atoms with van der Waals surface area (Å²) in [7, 11) is 0. The second-order valence-corrected chi connectivity index (χ2v) is 4.83. The molecule has 1 fully saturated rings. The van der Waals surface area contributed by atoms with Gasteiger partial charge in [0.15, 0.2) is 0 Å². The van der Waals surface area contributed by atoms with Gasteiger partial charge >= 0.3 is 11.8 Å². The average Bonchev–Trinajstić information content (AvgIpc) is 2.50. The maximum Gasteiger partial charge on any atom is 0.313 e. The largest absolute Gasteiger partial charge is 0.370 e. The van der Waals surface area contributed by atoms with Gasteiger partial charge in [-0.05, 0) is 24.3 Å². The SMILES string of the molecule is O=C(NCC[NH+]1CCOCC1)C(=O)Nc1ccc(F)cc1. The van der Waals surface area contributed by atoms with Gasteiger partial charge < -0.3 is 20.3 Å². The molecule has 6 nitrogen and oxygen atoms in total. The quantitative estimate of drug-likeness (QED) is 0.611. The van der Waals surface area contributed by atoms with Crippen LogP contribution in [-0.2, 0) is 14.3 Å². The van der Waals surface area contributed by atoms with Crippen LogP contribution in [0, 0.1) is 5.82 Å². The Hall–Kier alpha value is -1.99. The van der Waals surface area contributed by atoms with E-state index in [0.29, 0.717) is 12.2 Å². The predicted molar refractivity (Wildman–Crippen MR) is 74.4 cm³/mol. The summed E-state index contributed by atoms with van der Waals surface area (Å²) in [6.07, 6.45) is 0. The number of amides is 2. The summed E-state index contributed by atoms with van der Waals surface area (Å²) in [4.78, 5) is 24.6. The lowest BCUT2D eigenvalue weighted by atomic mass is 10.3. The molecule has 2 rings (SSSR count). The molecule has 1 heterocycles. The molecule has 7 heteroatoms. The zero-order valence-electron chi connectivity index (χ0n) is 11.7. The highest BCUT2D eigenvalue weighted by molar-refractivity contribution is 6.39. The van der Waals surface area contributed by atoms with Crippen LogP contribution in [0.2, 0.25) is 0 Å². The third-order valence-electron chi connectivity index (χ3n) is 3.27. The van der Waals surface area contributed by atoms with Crippen molar-refractivity contribution in [3.63, 3.8) is 0 Å². The molecule has 1 aromatic rings. The van der Waals surface area contributed by atoms with Crippen LogP contribution in [0.4, 0.5) is 10.1 Å². The molecule has 0 aliphatic carbocycles. The number of carbonyl (C=O) groups excluding carboxylic acids is 2. The van der Waals surface area contributed by atoms with Crippen LogP contribution in [0.3, 0.4) is 0 Å². The Morgan fingerprint density at radius 3 is 2.48 bits per heavy atom. The molecular weight excluding hydrogens is 277 g/mol. The fraction of sp³-hybridized carbons (Fsp3) is 0.429. The molecule has 0 atom stereocenters. The molecule has 1 aromatic carbocycles. The number of anilines is 1. The van der Waals surface area contributed by atoms with E-state index in [1.165, 1.54) is 29.2 Å². The maximum absolute atomic E-state index is 12.7. The monoisotopic (exact) mass is 296 g/mol. The van der Waals surface area contributed by atoms with Crippen molar-refractivity contribution in [3.05, 3.63) is 30.1 Å². The molecule has 1 saturated heterocycles. The third-order valence-corrected chi connectivity index (χ3v) is 3.27. The molecule has 114 valence electrons. The van der Waals surface area contributed by atoms with Crippen molar-refractivity contribution in [1.82, 2.24) is 5.32 Å². The first kappa shape index (κ1) is 15.4. The number of rotatable bonds is 4. The number of carbonyl (C=O) groups is 2. The summed E-state index contributed by atoms with van der Waals surface area (Å²) in [5.41, 5.74) is 0.385. The Morgan fingerprint density at radius 2 is 1.81 bits per heavy atom. The minimum absolute atomic E-state index is 0.385. The van der Waals surface area contributed by atoms with Crippen LogP contribution in [-0.4, -0.2) is 51.2 Å². The normalized spacial score (nSPS) is 15.5. The van der Waals surface area contributed by atoms with Crippen LogP contribution >= 0.6 is 0 Å². The smallest absolute Gasteiger partial charge is 0.313 e. The van der Waals surface area contributed by atoms with Crippen LogP contribution in [0.25, 0.3) is 0 Å². The number of ether oxygens (including phenoxy) is 1. The standard InChI is InChI=1S/C14H18FN3O3/c15-11-1-3-12(4-2-11)17-14(20)13(19)16-5-6-18-7-9-21-10-8-18/h1-4H,5-10H2,(H,16,19)(H,17,20)/p+1. The number of halogens is 1. The molecule has 0 spiro atoms. The first-order chi connectivity index (χ1) is 10.1. The Labute approximate surface area is 122 Å². The molecule has 2 amide bonds. The van der Waals surface area contributed by atoms with Gasteiger partial charge in [-0.2, -0.15) is 0 Å². The zero-order valence-corrected chi connectivity index (χ0v) is 11.7. The van der Waals surface area contributed by atoms with Crippen molar-refractivity contribution in [1.29, 1.82) is 0 Å². The second kappa shape index (κ2) is 7.70. The number of hydrogen-bond donors (Lipinski definition) is 3. The lowest BCUT2D eigenvalue weighted by molar-refractivity contribution is -0.906. The predicted octanol–water partition coefficient (Wildman–Crippen LogP) is -1.20. The topological polar surface area (TPSA) is 71.9 Å². The van der Waals surface area contributed by atoms with E-state index in [0.717, 1.165) is 32.8 Å². The van der Waals surface area contributed by atoms with E-state index in [2.05, 4.69) is 10.6 Å². The highest BCUT2D eigenvalue weighted by Gasteiger charge is 2.16. The number of benzene rings is 1. The molecule has 1 aliphatic heterocycles. The van der Waals surface area contributed by atoms with Crippen LogP contribution in [0.1, 0.15) is 0 Å². The molecule has 0 saturated carbocycles. The summed E-state index contributed by atoms with van der Waals surface area (Å²) in [6.45, 7) is 4.49. The van der Waals surface area contributed by atoms with E-state index in [4.69, 9.17) is 4.74 Å². The second-order valence-electron chi connectivity index (χ2n) is 4.83. The minimum atomic E-state index is -0.751. The van der Waals surface area contributed by atoms with Gasteiger partial charge in [0.1, 0.15) is 18.9 Å². The fourth-order valence-electron chi connectivity index (χ4n) is 2.06. The van der Waals surface area contributed by atoms with E-state index in [-0.39, 0.29) is 0 Å². The van der Waals surface area contributed by atoms with Crippen molar-refractivity contribution >= 4 is 17.5 Å². The third kappa shape index (κ3) is 5.13. The van der Waals surface area contributed by atoms with E-state index in [9.17, 15) is 14.0 Å². The van der Waals surface area contributed by atoms with E-state index >= 15 is 0 Å². The molecule has 0 radical (unpaired) electrons. The summed E-state index contributed by atoms with van der Waals surface area (Å²) >= 11 is 0. The molecule has 0 unspecified atom stereocenters. The molecule has 0 aromatic heterocycles. The van der Waals surface area contributed by atoms with Crippen molar-refractivity contribution in [2.24, 2.45) is 0 Å². The maximum atomic E-state index is 12.7. The van der Waals surface area contributed by atoms with E-state index < -0.39 is 17.6 Å². The zero-order chi connectivity index (χ0) is 15.1. The van der Waals surface area contributed by atoms with Gasteiger partial charge in [-0.3, -0.25) is 9.59 Å². The van der Waals surface area contributed by atoms with Crippen molar-refractivity contribution in [3.8, 4) is 0 Å². The molecule has 0 bridgehead atoms. The van der Waals surface area contributed by atoms with Crippen LogP contribution in [0.5, 0.6) is 0 Å². The van der Waals surface area contributed by atoms with Gasteiger partial charge in [0.2, 0.25) is 0 Å². The molecule has 1 aliphatic rings. The lowest BCUT2D eigenvalue weighted by Crippen LogP contribution is -3.14. The van der Waals surface area contributed by atoms with Gasteiger partial charge in [0.25, 0.3) is 0 Å². The van der Waals surface area contributed by atoms with Crippen molar-refractivity contribution < 1.29 is 23.6 Å². The Morgan fingerprint density at radius 1 is 1.14 bits per heavy atom. The Balaban J connectivity index is 1.69. The number of quaternary nitrogens is 1. The van der Waals surface area contributed by atoms with Gasteiger partial charge in [-0.1, -0.05) is 0 Å². The minimum Gasteiger partial charge on any atom is -0.370 e. The summed E-state index contributed by atoms with van der Waals surface area (Å²) in [6, 6.07) is 5.24. The van der Waals surface area contributed by atoms with Gasteiger partial charge in [-0.25, -0.2) is 4.39 Å². The van der Waals surface area contributed by atoms with E-state index in [1.807, 2.05) is 0 Å². The molecule has 3 N–H and O–H groups in total. The van der Waals surface area contributed by atoms with E-state index in [1.54, 1.807) is 0 Å². The van der Waals surface area contributed by atoms with Crippen molar-refractivity contribution in [2.45, 2.75) is 0 Å². The lowest BCUT2D eigenvalue weighted by Gasteiger charge is -2.23. The van der Waals surface area contributed by atoms with Gasteiger partial charge in [0.05, 0.1) is 26.3 Å². The highest BCUT2D eigenvalue weighted by Crippen LogP contribution is 2.07. The number of hydrogen-bond acceptors (Lipinski definition) is 3.